The Balaban J connectivity index is 2.57. The molecule has 5 heteroatoms. The molecule has 4 N–H and O–H groups in total. The Kier molecular flexibility index (Phi) is 4.84. The van der Waals surface area contributed by atoms with Gasteiger partial charge in [-0.3, -0.25) is 0 Å². The average Bonchev–Trinajstić information content (AvgIpc) is 2.30. The standard InChI is InChI=1S/C13H20ClN3O/c1-9-8-10(14)4-5-11(9)16-7-6-13(2,3)12(15)17-18/h4-5,8,16,18H,6-7H2,1-3H3,(H2,15,17). The van der Waals surface area contributed by atoms with Gasteiger partial charge in [0.15, 0.2) is 0 Å². The summed E-state index contributed by atoms with van der Waals surface area (Å²) in [6.07, 6.45) is 0.769. The van der Waals surface area contributed by atoms with E-state index >= 15 is 0 Å². The molecule has 18 heavy (non-hydrogen) atoms. The van der Waals surface area contributed by atoms with E-state index in [-0.39, 0.29) is 11.3 Å². The number of halogens is 1. The second-order valence-corrected chi connectivity index (χ2v) is 5.44. The van der Waals surface area contributed by atoms with Gasteiger partial charge >= 0.3 is 0 Å². The predicted molar refractivity (Wildman–Crippen MR) is 76.5 cm³/mol. The number of nitrogens with one attached hydrogen (secondary N) is 1. The molecule has 0 heterocycles. The number of hydrogen-bond donors (Lipinski definition) is 3. The lowest BCUT2D eigenvalue weighted by atomic mass is 9.88. The van der Waals surface area contributed by atoms with E-state index in [2.05, 4.69) is 10.5 Å². The molecule has 0 radical (unpaired) electrons. The van der Waals surface area contributed by atoms with Crippen LogP contribution in [0.3, 0.4) is 0 Å². The number of oxime groups is 1. The van der Waals surface area contributed by atoms with Crippen molar-refractivity contribution in [2.24, 2.45) is 16.3 Å². The van der Waals surface area contributed by atoms with Crippen molar-refractivity contribution in [3.63, 3.8) is 0 Å². The van der Waals surface area contributed by atoms with Crippen LogP contribution in [0.15, 0.2) is 23.4 Å². The zero-order valence-electron chi connectivity index (χ0n) is 11.0. The van der Waals surface area contributed by atoms with E-state index in [0.717, 1.165) is 29.2 Å². The first kappa shape index (κ1) is 14.6. The van der Waals surface area contributed by atoms with Gasteiger partial charge in [0.1, 0.15) is 5.84 Å². The molecule has 0 aliphatic rings. The average molecular weight is 270 g/mol. The maximum atomic E-state index is 8.69. The van der Waals surface area contributed by atoms with Crippen molar-refractivity contribution in [2.75, 3.05) is 11.9 Å². The molecule has 0 aromatic heterocycles. The fourth-order valence-corrected chi connectivity index (χ4v) is 1.83. The van der Waals surface area contributed by atoms with Gasteiger partial charge in [-0.25, -0.2) is 0 Å². The first-order valence-corrected chi connectivity index (χ1v) is 6.22. The minimum atomic E-state index is -0.331. The van der Waals surface area contributed by atoms with Crippen molar-refractivity contribution >= 4 is 23.1 Å². The molecule has 1 rings (SSSR count). The molecule has 0 aliphatic heterocycles. The highest BCUT2D eigenvalue weighted by atomic mass is 35.5. The molecule has 0 saturated heterocycles. The number of rotatable bonds is 5. The van der Waals surface area contributed by atoms with E-state index in [9.17, 15) is 0 Å². The van der Waals surface area contributed by atoms with E-state index < -0.39 is 0 Å². The topological polar surface area (TPSA) is 70.6 Å². The van der Waals surface area contributed by atoms with Crippen LogP contribution < -0.4 is 11.1 Å². The van der Waals surface area contributed by atoms with Crippen LogP contribution in [0, 0.1) is 12.3 Å². The van der Waals surface area contributed by atoms with Crippen molar-refractivity contribution in [2.45, 2.75) is 27.2 Å². The number of amidine groups is 1. The van der Waals surface area contributed by atoms with Gasteiger partial charge < -0.3 is 16.3 Å². The fraction of sp³-hybridized carbons (Fsp3) is 0.462. The van der Waals surface area contributed by atoms with Crippen LogP contribution in [0.2, 0.25) is 5.02 Å². The van der Waals surface area contributed by atoms with E-state index in [0.29, 0.717) is 0 Å². The Labute approximate surface area is 113 Å². The molecule has 0 fully saturated rings. The van der Waals surface area contributed by atoms with Crippen LogP contribution in [0.5, 0.6) is 0 Å². The quantitative estimate of drug-likeness (QED) is 0.333. The van der Waals surface area contributed by atoms with Crippen molar-refractivity contribution in [3.8, 4) is 0 Å². The smallest absolute Gasteiger partial charge is 0.144 e. The summed E-state index contributed by atoms with van der Waals surface area (Å²) in [5.41, 5.74) is 7.46. The second kappa shape index (κ2) is 5.96. The van der Waals surface area contributed by atoms with Gasteiger partial charge in [0.05, 0.1) is 0 Å². The van der Waals surface area contributed by atoms with Crippen molar-refractivity contribution in [1.82, 2.24) is 0 Å². The molecule has 0 bridgehead atoms. The molecule has 0 atom stereocenters. The monoisotopic (exact) mass is 269 g/mol. The number of benzene rings is 1. The maximum Gasteiger partial charge on any atom is 0.144 e. The summed E-state index contributed by atoms with van der Waals surface area (Å²) in [4.78, 5) is 0. The minimum Gasteiger partial charge on any atom is -0.409 e. The van der Waals surface area contributed by atoms with Crippen LogP contribution >= 0.6 is 11.6 Å². The highest BCUT2D eigenvalue weighted by molar-refractivity contribution is 6.30. The third kappa shape index (κ3) is 3.81. The first-order chi connectivity index (χ1) is 8.36. The number of anilines is 1. The first-order valence-electron chi connectivity index (χ1n) is 5.85. The summed E-state index contributed by atoms with van der Waals surface area (Å²) in [6.45, 7) is 6.63. The molecular weight excluding hydrogens is 250 g/mol. The zero-order valence-corrected chi connectivity index (χ0v) is 11.8. The highest BCUT2D eigenvalue weighted by Gasteiger charge is 2.22. The van der Waals surface area contributed by atoms with Gasteiger partial charge in [0.25, 0.3) is 0 Å². The van der Waals surface area contributed by atoms with Gasteiger partial charge in [0.2, 0.25) is 0 Å². The number of nitrogens with zero attached hydrogens (tertiary/aromatic N) is 1. The molecule has 0 amide bonds. The Morgan fingerprint density at radius 2 is 2.17 bits per heavy atom. The third-order valence-corrected chi connectivity index (χ3v) is 3.29. The van der Waals surface area contributed by atoms with Crippen LogP contribution in [-0.2, 0) is 0 Å². The molecule has 0 saturated carbocycles. The van der Waals surface area contributed by atoms with Crippen molar-refractivity contribution < 1.29 is 5.21 Å². The fourth-order valence-electron chi connectivity index (χ4n) is 1.60. The lowest BCUT2D eigenvalue weighted by Gasteiger charge is -2.23. The molecule has 1 aromatic rings. The molecule has 100 valence electrons. The number of nitrogens with two attached hydrogens (primary N) is 1. The van der Waals surface area contributed by atoms with Crippen LogP contribution in [0.25, 0.3) is 0 Å². The molecular formula is C13H20ClN3O. The summed E-state index contributed by atoms with van der Waals surface area (Å²) in [5, 5.41) is 15.8. The summed E-state index contributed by atoms with van der Waals surface area (Å²) in [7, 11) is 0. The number of hydrogen-bond acceptors (Lipinski definition) is 3. The third-order valence-electron chi connectivity index (χ3n) is 3.06. The lowest BCUT2D eigenvalue weighted by Crippen LogP contribution is -2.33. The van der Waals surface area contributed by atoms with E-state index in [1.54, 1.807) is 0 Å². The normalized spacial score (nSPS) is 12.6. The summed E-state index contributed by atoms with van der Waals surface area (Å²) < 4.78 is 0. The van der Waals surface area contributed by atoms with Gasteiger partial charge in [-0.15, -0.1) is 0 Å². The summed E-state index contributed by atoms with van der Waals surface area (Å²) in [6, 6.07) is 5.72. The zero-order chi connectivity index (χ0) is 13.8. The van der Waals surface area contributed by atoms with Crippen molar-refractivity contribution in [1.29, 1.82) is 0 Å². The second-order valence-electron chi connectivity index (χ2n) is 5.01. The molecule has 1 aromatic carbocycles. The molecule has 0 aliphatic carbocycles. The maximum absolute atomic E-state index is 8.69. The van der Waals surface area contributed by atoms with Crippen molar-refractivity contribution in [3.05, 3.63) is 28.8 Å². The predicted octanol–water partition coefficient (Wildman–Crippen LogP) is 3.22. The Bertz CT molecular complexity index is 444. The molecule has 4 nitrogen and oxygen atoms in total. The Morgan fingerprint density at radius 1 is 1.50 bits per heavy atom. The minimum absolute atomic E-state index is 0.247. The van der Waals surface area contributed by atoms with Gasteiger partial charge in [-0.1, -0.05) is 30.6 Å². The Hall–Kier alpha value is -1.42. The van der Waals surface area contributed by atoms with Crippen LogP contribution in [0.4, 0.5) is 5.69 Å². The SMILES string of the molecule is Cc1cc(Cl)ccc1NCCC(C)(C)/C(N)=N/O. The molecule has 0 unspecified atom stereocenters. The summed E-state index contributed by atoms with van der Waals surface area (Å²) in [5.74, 6) is 0.247. The van der Waals surface area contributed by atoms with E-state index in [1.165, 1.54) is 0 Å². The van der Waals surface area contributed by atoms with Gasteiger partial charge in [-0.2, -0.15) is 0 Å². The van der Waals surface area contributed by atoms with E-state index in [1.807, 2.05) is 39.0 Å². The van der Waals surface area contributed by atoms with Crippen LogP contribution in [-0.4, -0.2) is 17.6 Å². The lowest BCUT2D eigenvalue weighted by molar-refractivity contribution is 0.306. The summed E-state index contributed by atoms with van der Waals surface area (Å²) >= 11 is 5.90. The highest BCUT2D eigenvalue weighted by Crippen LogP contribution is 2.23. The molecule has 0 spiro atoms. The Morgan fingerprint density at radius 3 is 2.72 bits per heavy atom. The van der Waals surface area contributed by atoms with Gasteiger partial charge in [0, 0.05) is 22.7 Å². The van der Waals surface area contributed by atoms with Gasteiger partial charge in [-0.05, 0) is 37.1 Å². The van der Waals surface area contributed by atoms with E-state index in [4.69, 9.17) is 22.5 Å². The van der Waals surface area contributed by atoms with Crippen LogP contribution in [0.1, 0.15) is 25.8 Å². The number of aryl methyl sites for hydroxylation is 1. The largest absolute Gasteiger partial charge is 0.409 e.